The number of halogens is 1. The first kappa shape index (κ1) is 19.7. The van der Waals surface area contributed by atoms with Crippen LogP contribution in [0.3, 0.4) is 0 Å². The van der Waals surface area contributed by atoms with Crippen molar-refractivity contribution in [1.82, 2.24) is 14.9 Å². The molecule has 6 nitrogen and oxygen atoms in total. The summed E-state index contributed by atoms with van der Waals surface area (Å²) >= 11 is 6.31. The molecule has 152 valence electrons. The first-order valence-corrected chi connectivity index (χ1v) is 10.3. The van der Waals surface area contributed by atoms with Gasteiger partial charge in [-0.2, -0.15) is 0 Å². The number of H-pyrrole nitrogens is 2. The molecule has 0 spiro atoms. The van der Waals surface area contributed by atoms with Crippen molar-refractivity contribution < 1.29 is 9.53 Å². The average Bonchev–Trinajstić information content (AvgIpc) is 3.08. The second-order valence-corrected chi connectivity index (χ2v) is 7.96. The van der Waals surface area contributed by atoms with Crippen LogP contribution < -0.4 is 5.69 Å². The van der Waals surface area contributed by atoms with Crippen molar-refractivity contribution in [2.75, 3.05) is 13.2 Å². The van der Waals surface area contributed by atoms with Gasteiger partial charge in [0, 0.05) is 17.0 Å². The predicted octanol–water partition coefficient (Wildman–Crippen LogP) is 3.82. The summed E-state index contributed by atoms with van der Waals surface area (Å²) in [6.07, 6.45) is 1.81. The fraction of sp³-hybridized carbons (Fsp3) is 0.364. The van der Waals surface area contributed by atoms with Crippen LogP contribution in [-0.2, 0) is 16.0 Å². The summed E-state index contributed by atoms with van der Waals surface area (Å²) in [7, 11) is 0. The monoisotopic (exact) mass is 413 g/mol. The van der Waals surface area contributed by atoms with Gasteiger partial charge in [0.25, 0.3) is 0 Å². The smallest absolute Gasteiger partial charge is 0.323 e. The second kappa shape index (κ2) is 8.43. The van der Waals surface area contributed by atoms with Gasteiger partial charge in [-0.05, 0) is 43.5 Å². The first-order valence-electron chi connectivity index (χ1n) is 9.87. The summed E-state index contributed by atoms with van der Waals surface area (Å²) in [6.45, 7) is 3.02. The molecule has 0 saturated carbocycles. The number of amides is 1. The third kappa shape index (κ3) is 4.38. The van der Waals surface area contributed by atoms with E-state index in [2.05, 4.69) is 9.97 Å². The molecular weight excluding hydrogens is 390 g/mol. The number of nitrogens with zero attached hydrogens (tertiary/aromatic N) is 1. The van der Waals surface area contributed by atoms with Crippen molar-refractivity contribution in [3.05, 3.63) is 69.1 Å². The molecule has 1 fully saturated rings. The highest BCUT2D eigenvalue weighted by Crippen LogP contribution is 2.30. The lowest BCUT2D eigenvalue weighted by Gasteiger charge is -2.38. The summed E-state index contributed by atoms with van der Waals surface area (Å²) in [5.41, 5.74) is 3.41. The highest BCUT2D eigenvalue weighted by atomic mass is 35.5. The lowest BCUT2D eigenvalue weighted by Crippen LogP contribution is -2.48. The zero-order valence-corrected chi connectivity index (χ0v) is 17.0. The first-order chi connectivity index (χ1) is 14.0. The number of ether oxygens (including phenoxy) is 1. The number of hydrogen-bond acceptors (Lipinski definition) is 3. The van der Waals surface area contributed by atoms with Crippen molar-refractivity contribution in [1.29, 1.82) is 0 Å². The Morgan fingerprint density at radius 1 is 1.21 bits per heavy atom. The molecule has 0 bridgehead atoms. The van der Waals surface area contributed by atoms with E-state index in [-0.39, 0.29) is 23.7 Å². The van der Waals surface area contributed by atoms with E-state index in [0.29, 0.717) is 24.6 Å². The number of carbonyl (C=O) groups excluding carboxylic acids is 1. The molecule has 1 amide bonds. The number of rotatable bonds is 5. The van der Waals surface area contributed by atoms with Crippen LogP contribution in [0.5, 0.6) is 0 Å². The van der Waals surface area contributed by atoms with Gasteiger partial charge in [0.15, 0.2) is 0 Å². The molecule has 29 heavy (non-hydrogen) atoms. The maximum absolute atomic E-state index is 12.9. The summed E-state index contributed by atoms with van der Waals surface area (Å²) in [4.78, 5) is 31.7. The van der Waals surface area contributed by atoms with E-state index >= 15 is 0 Å². The number of aromatic nitrogens is 2. The number of nitrogens with one attached hydrogen (secondary N) is 2. The normalized spacial score (nSPS) is 19.6. The van der Waals surface area contributed by atoms with E-state index in [0.717, 1.165) is 35.0 Å². The third-order valence-corrected chi connectivity index (χ3v) is 5.79. The maximum atomic E-state index is 12.9. The zero-order valence-electron chi connectivity index (χ0n) is 16.3. The Morgan fingerprint density at radius 2 is 2.00 bits per heavy atom. The Bertz CT molecular complexity index is 1070. The number of benzene rings is 2. The summed E-state index contributed by atoms with van der Waals surface area (Å²) in [5, 5.41) is 0.664. The molecule has 1 saturated heterocycles. The second-order valence-electron chi connectivity index (χ2n) is 7.55. The number of carbonyl (C=O) groups is 1. The standard InChI is InChI=1S/C22H24ClN3O3/c1-14-13-29-20(16-6-2-3-7-17(16)23)12-26(14)21(27)8-4-5-15-9-10-18-19(11-15)25-22(28)24-18/h2-3,6-7,9-11,14,20H,4-5,8,12-13H2,1H3,(H2,24,25,28)/t14-,20-/m0/s1. The van der Waals surface area contributed by atoms with Crippen LogP contribution >= 0.6 is 11.6 Å². The molecule has 0 aliphatic carbocycles. The molecule has 1 aliphatic rings. The number of fused-ring (bicyclic) bond motifs is 1. The number of aromatic amines is 2. The minimum Gasteiger partial charge on any atom is -0.369 e. The van der Waals surface area contributed by atoms with Crippen molar-refractivity contribution in [3.63, 3.8) is 0 Å². The minimum atomic E-state index is -0.207. The molecular formula is C22H24ClN3O3. The van der Waals surface area contributed by atoms with Crippen LogP contribution in [0.25, 0.3) is 11.0 Å². The quantitative estimate of drug-likeness (QED) is 0.667. The Kier molecular flexibility index (Phi) is 5.74. The molecule has 7 heteroatoms. The van der Waals surface area contributed by atoms with Crippen molar-refractivity contribution >= 4 is 28.5 Å². The van der Waals surface area contributed by atoms with Crippen LogP contribution in [0.2, 0.25) is 5.02 Å². The molecule has 0 radical (unpaired) electrons. The highest BCUT2D eigenvalue weighted by molar-refractivity contribution is 6.31. The lowest BCUT2D eigenvalue weighted by molar-refractivity contribution is -0.144. The Balaban J connectivity index is 1.36. The van der Waals surface area contributed by atoms with E-state index in [9.17, 15) is 9.59 Å². The summed E-state index contributed by atoms with van der Waals surface area (Å²) in [6, 6.07) is 13.5. The van der Waals surface area contributed by atoms with E-state index in [1.807, 2.05) is 54.3 Å². The number of morpholine rings is 1. The van der Waals surface area contributed by atoms with E-state index in [1.54, 1.807) is 0 Å². The molecule has 3 aromatic rings. The molecule has 2 N–H and O–H groups in total. The van der Waals surface area contributed by atoms with Crippen LogP contribution in [0.15, 0.2) is 47.3 Å². The Morgan fingerprint density at radius 3 is 2.83 bits per heavy atom. The number of imidazole rings is 1. The molecule has 2 aromatic carbocycles. The van der Waals surface area contributed by atoms with E-state index < -0.39 is 0 Å². The van der Waals surface area contributed by atoms with Crippen molar-refractivity contribution in [3.8, 4) is 0 Å². The van der Waals surface area contributed by atoms with Crippen LogP contribution in [0, 0.1) is 0 Å². The summed E-state index contributed by atoms with van der Waals surface area (Å²) in [5.74, 6) is 0.133. The van der Waals surface area contributed by atoms with Gasteiger partial charge in [0.05, 0.1) is 30.2 Å². The molecule has 1 aliphatic heterocycles. The van der Waals surface area contributed by atoms with Crippen LogP contribution in [0.1, 0.15) is 37.0 Å². The molecule has 4 rings (SSSR count). The van der Waals surface area contributed by atoms with Crippen molar-refractivity contribution in [2.45, 2.75) is 38.3 Å². The third-order valence-electron chi connectivity index (χ3n) is 5.44. The van der Waals surface area contributed by atoms with Gasteiger partial charge >= 0.3 is 5.69 Å². The zero-order chi connectivity index (χ0) is 20.4. The van der Waals surface area contributed by atoms with E-state index in [4.69, 9.17) is 16.3 Å². The Labute approximate surface area is 173 Å². The highest BCUT2D eigenvalue weighted by Gasteiger charge is 2.30. The largest absolute Gasteiger partial charge is 0.369 e. The molecule has 2 atom stereocenters. The predicted molar refractivity (Wildman–Crippen MR) is 113 cm³/mol. The van der Waals surface area contributed by atoms with Gasteiger partial charge in [-0.3, -0.25) is 4.79 Å². The fourth-order valence-corrected chi connectivity index (χ4v) is 4.11. The fourth-order valence-electron chi connectivity index (χ4n) is 3.85. The van der Waals surface area contributed by atoms with Gasteiger partial charge < -0.3 is 19.6 Å². The molecule has 2 heterocycles. The summed E-state index contributed by atoms with van der Waals surface area (Å²) < 4.78 is 5.94. The van der Waals surface area contributed by atoms with Gasteiger partial charge in [0.2, 0.25) is 5.91 Å². The van der Waals surface area contributed by atoms with Gasteiger partial charge in [-0.1, -0.05) is 35.9 Å². The van der Waals surface area contributed by atoms with Crippen LogP contribution in [-0.4, -0.2) is 40.0 Å². The average molecular weight is 414 g/mol. The molecule has 0 unspecified atom stereocenters. The minimum absolute atomic E-state index is 0.0440. The SMILES string of the molecule is C[C@H]1CO[C@H](c2ccccc2Cl)CN1C(=O)CCCc1ccc2[nH]c(=O)[nH]c2c1. The maximum Gasteiger partial charge on any atom is 0.323 e. The number of aryl methyl sites for hydroxylation is 1. The van der Waals surface area contributed by atoms with Gasteiger partial charge in [-0.25, -0.2) is 4.79 Å². The van der Waals surface area contributed by atoms with Crippen LogP contribution in [0.4, 0.5) is 0 Å². The van der Waals surface area contributed by atoms with E-state index in [1.165, 1.54) is 0 Å². The van der Waals surface area contributed by atoms with Gasteiger partial charge in [0.1, 0.15) is 6.10 Å². The molecule has 1 aromatic heterocycles. The lowest BCUT2D eigenvalue weighted by atomic mass is 10.0. The van der Waals surface area contributed by atoms with Gasteiger partial charge in [-0.15, -0.1) is 0 Å². The number of hydrogen-bond donors (Lipinski definition) is 2. The Hall–Kier alpha value is -2.57. The topological polar surface area (TPSA) is 78.2 Å². The van der Waals surface area contributed by atoms with Crippen molar-refractivity contribution in [2.24, 2.45) is 0 Å².